The summed E-state index contributed by atoms with van der Waals surface area (Å²) in [4.78, 5) is 2.86. The van der Waals surface area contributed by atoms with Crippen LogP contribution >= 0.6 is 11.3 Å². The van der Waals surface area contributed by atoms with E-state index < -0.39 is 0 Å². The summed E-state index contributed by atoms with van der Waals surface area (Å²) in [6.45, 7) is 7.81. The summed E-state index contributed by atoms with van der Waals surface area (Å²) in [5, 5.41) is 3.68. The molecule has 0 spiro atoms. The summed E-state index contributed by atoms with van der Waals surface area (Å²) in [6, 6.07) is 14.0. The second kappa shape index (κ2) is 8.35. The third-order valence-corrected chi connectivity index (χ3v) is 5.06. The second-order valence-corrected chi connectivity index (χ2v) is 6.67. The maximum atomic E-state index is 3.68. The van der Waals surface area contributed by atoms with Crippen LogP contribution in [0.3, 0.4) is 0 Å². The van der Waals surface area contributed by atoms with Gasteiger partial charge in [-0.05, 0) is 49.1 Å². The molecule has 1 aromatic carbocycles. The van der Waals surface area contributed by atoms with Gasteiger partial charge >= 0.3 is 0 Å². The van der Waals surface area contributed by atoms with Gasteiger partial charge in [0.2, 0.25) is 0 Å². The highest BCUT2D eigenvalue weighted by Gasteiger charge is 2.13. The minimum Gasteiger partial charge on any atom is -0.309 e. The molecule has 1 nitrogen and oxygen atoms in total. The van der Waals surface area contributed by atoms with Crippen LogP contribution in [0.1, 0.15) is 56.5 Å². The zero-order chi connectivity index (χ0) is 15.1. The Morgan fingerprint density at radius 1 is 1.05 bits per heavy atom. The molecule has 0 aliphatic carbocycles. The average Bonchev–Trinajstić information content (AvgIpc) is 3.01. The van der Waals surface area contributed by atoms with E-state index in [4.69, 9.17) is 0 Å². The van der Waals surface area contributed by atoms with Crippen molar-refractivity contribution in [2.45, 2.75) is 52.5 Å². The molecule has 1 heterocycles. The third kappa shape index (κ3) is 4.42. The SMILES string of the molecule is CCCNC(CCC)c1ccc(-c2cccc(CC)c2)s1. The van der Waals surface area contributed by atoms with Crippen LogP contribution < -0.4 is 5.32 Å². The number of hydrogen-bond donors (Lipinski definition) is 1. The molecule has 0 amide bonds. The lowest BCUT2D eigenvalue weighted by Gasteiger charge is -2.16. The van der Waals surface area contributed by atoms with Crippen molar-refractivity contribution in [1.82, 2.24) is 5.32 Å². The fraction of sp³-hybridized carbons (Fsp3) is 0.474. The van der Waals surface area contributed by atoms with Crippen LogP contribution in [0.2, 0.25) is 0 Å². The van der Waals surface area contributed by atoms with Gasteiger partial charge in [0, 0.05) is 15.8 Å². The summed E-state index contributed by atoms with van der Waals surface area (Å²) in [5.41, 5.74) is 2.77. The number of aryl methyl sites for hydroxylation is 1. The number of rotatable bonds is 8. The third-order valence-electron chi connectivity index (χ3n) is 3.81. The van der Waals surface area contributed by atoms with E-state index in [1.165, 1.54) is 40.1 Å². The Hall–Kier alpha value is -1.12. The van der Waals surface area contributed by atoms with Crippen LogP contribution in [-0.4, -0.2) is 6.54 Å². The Bertz CT molecular complexity index is 544. The van der Waals surface area contributed by atoms with Gasteiger partial charge in [-0.2, -0.15) is 0 Å². The van der Waals surface area contributed by atoms with Crippen LogP contribution in [0.25, 0.3) is 10.4 Å². The molecule has 2 rings (SSSR count). The fourth-order valence-corrected chi connectivity index (χ4v) is 3.71. The van der Waals surface area contributed by atoms with Gasteiger partial charge < -0.3 is 5.32 Å². The lowest BCUT2D eigenvalue weighted by Crippen LogP contribution is -2.21. The molecule has 0 bridgehead atoms. The molecular formula is C19H27NS. The number of hydrogen-bond acceptors (Lipinski definition) is 2. The van der Waals surface area contributed by atoms with Crippen molar-refractivity contribution in [2.24, 2.45) is 0 Å². The lowest BCUT2D eigenvalue weighted by atomic mass is 10.1. The van der Waals surface area contributed by atoms with Gasteiger partial charge in [-0.15, -0.1) is 11.3 Å². The van der Waals surface area contributed by atoms with Crippen molar-refractivity contribution in [3.8, 4) is 10.4 Å². The molecule has 1 atom stereocenters. The molecule has 1 unspecified atom stereocenters. The van der Waals surface area contributed by atoms with E-state index >= 15 is 0 Å². The minimum absolute atomic E-state index is 0.517. The molecule has 0 fully saturated rings. The first-order chi connectivity index (χ1) is 10.3. The van der Waals surface area contributed by atoms with Gasteiger partial charge in [-0.25, -0.2) is 0 Å². The summed E-state index contributed by atoms with van der Waals surface area (Å²) in [7, 11) is 0. The molecule has 0 saturated heterocycles. The molecule has 2 heteroatoms. The van der Waals surface area contributed by atoms with Crippen molar-refractivity contribution in [3.05, 3.63) is 46.8 Å². The predicted octanol–water partition coefficient (Wildman–Crippen LogP) is 5.82. The normalized spacial score (nSPS) is 12.5. The van der Waals surface area contributed by atoms with Gasteiger partial charge in [-0.3, -0.25) is 0 Å². The number of nitrogens with one attached hydrogen (secondary N) is 1. The topological polar surface area (TPSA) is 12.0 Å². The summed E-state index contributed by atoms with van der Waals surface area (Å²) < 4.78 is 0. The van der Waals surface area contributed by atoms with Crippen LogP contribution in [0.4, 0.5) is 0 Å². The summed E-state index contributed by atoms with van der Waals surface area (Å²) >= 11 is 1.94. The number of benzene rings is 1. The van der Waals surface area contributed by atoms with E-state index in [1.54, 1.807) is 0 Å². The number of thiophene rings is 1. The van der Waals surface area contributed by atoms with E-state index in [2.05, 4.69) is 62.5 Å². The molecule has 0 aliphatic rings. The quantitative estimate of drug-likeness (QED) is 0.648. The van der Waals surface area contributed by atoms with Crippen molar-refractivity contribution >= 4 is 11.3 Å². The Labute approximate surface area is 133 Å². The second-order valence-electron chi connectivity index (χ2n) is 5.55. The molecular weight excluding hydrogens is 274 g/mol. The zero-order valence-electron chi connectivity index (χ0n) is 13.5. The average molecular weight is 301 g/mol. The molecule has 21 heavy (non-hydrogen) atoms. The van der Waals surface area contributed by atoms with Crippen LogP contribution in [0, 0.1) is 0 Å². The van der Waals surface area contributed by atoms with Crippen LogP contribution in [0.5, 0.6) is 0 Å². The maximum absolute atomic E-state index is 3.68. The lowest BCUT2D eigenvalue weighted by molar-refractivity contribution is 0.501. The molecule has 2 aromatic rings. The first kappa shape index (κ1) is 16.3. The summed E-state index contributed by atoms with van der Waals surface area (Å²) in [6.07, 6.45) is 4.73. The van der Waals surface area contributed by atoms with Crippen molar-refractivity contribution in [3.63, 3.8) is 0 Å². The minimum atomic E-state index is 0.517. The molecule has 1 N–H and O–H groups in total. The first-order valence-electron chi connectivity index (χ1n) is 8.20. The van der Waals surface area contributed by atoms with E-state index in [0.717, 1.165) is 13.0 Å². The first-order valence-corrected chi connectivity index (χ1v) is 9.02. The van der Waals surface area contributed by atoms with Gasteiger partial charge in [0.25, 0.3) is 0 Å². The molecule has 114 valence electrons. The Morgan fingerprint density at radius 2 is 1.90 bits per heavy atom. The smallest absolute Gasteiger partial charge is 0.0414 e. The van der Waals surface area contributed by atoms with Gasteiger partial charge in [0.05, 0.1) is 0 Å². The molecule has 0 aliphatic heterocycles. The fourth-order valence-electron chi connectivity index (χ4n) is 2.59. The van der Waals surface area contributed by atoms with E-state index in [0.29, 0.717) is 6.04 Å². The van der Waals surface area contributed by atoms with Crippen molar-refractivity contribution < 1.29 is 0 Å². The van der Waals surface area contributed by atoms with E-state index in [9.17, 15) is 0 Å². The molecule has 1 aromatic heterocycles. The highest BCUT2D eigenvalue weighted by Crippen LogP contribution is 2.33. The molecule has 0 radical (unpaired) electrons. The Balaban J connectivity index is 2.18. The summed E-state index contributed by atoms with van der Waals surface area (Å²) in [5.74, 6) is 0. The monoisotopic (exact) mass is 301 g/mol. The molecule has 0 saturated carbocycles. The van der Waals surface area contributed by atoms with Crippen LogP contribution in [0.15, 0.2) is 36.4 Å². The van der Waals surface area contributed by atoms with Gasteiger partial charge in [-0.1, -0.05) is 51.5 Å². The van der Waals surface area contributed by atoms with E-state index in [1.807, 2.05) is 11.3 Å². The van der Waals surface area contributed by atoms with Crippen LogP contribution in [-0.2, 0) is 6.42 Å². The highest BCUT2D eigenvalue weighted by atomic mass is 32.1. The van der Waals surface area contributed by atoms with Gasteiger partial charge in [0.1, 0.15) is 0 Å². The highest BCUT2D eigenvalue weighted by molar-refractivity contribution is 7.15. The Kier molecular flexibility index (Phi) is 6.47. The largest absolute Gasteiger partial charge is 0.309 e. The standard InChI is InChI=1S/C19H27NS/c1-4-8-17(20-13-5-2)19-12-11-18(21-19)16-10-7-9-15(6-3)14-16/h7,9-12,14,17,20H,4-6,8,13H2,1-3H3. The van der Waals surface area contributed by atoms with Gasteiger partial charge in [0.15, 0.2) is 0 Å². The van der Waals surface area contributed by atoms with E-state index in [-0.39, 0.29) is 0 Å². The maximum Gasteiger partial charge on any atom is 0.0414 e. The zero-order valence-corrected chi connectivity index (χ0v) is 14.3. The van der Waals surface area contributed by atoms with Crippen molar-refractivity contribution in [1.29, 1.82) is 0 Å². The Morgan fingerprint density at radius 3 is 2.62 bits per heavy atom. The predicted molar refractivity (Wildman–Crippen MR) is 95.1 cm³/mol. The van der Waals surface area contributed by atoms with Crippen molar-refractivity contribution in [2.75, 3.05) is 6.54 Å².